The molecule has 0 unspecified atom stereocenters. The van der Waals surface area contributed by atoms with Gasteiger partial charge in [-0.15, -0.1) is 16.9 Å². The molecular weight excluding hydrogens is 340 g/mol. The smallest absolute Gasteiger partial charge is 0.233 e. The molecule has 1 aromatic carbocycles. The molecule has 2 aromatic rings. The van der Waals surface area contributed by atoms with Crippen LogP contribution in [0.15, 0.2) is 30.5 Å². The van der Waals surface area contributed by atoms with Crippen molar-refractivity contribution in [3.8, 4) is 5.75 Å². The number of methoxy groups -OCH3 is 1. The molecule has 25 heavy (non-hydrogen) atoms. The van der Waals surface area contributed by atoms with Crippen LogP contribution in [0.5, 0.6) is 5.75 Å². The molecule has 0 aliphatic carbocycles. The molecule has 1 saturated heterocycles. The fourth-order valence-electron chi connectivity index (χ4n) is 2.72. The predicted molar refractivity (Wildman–Crippen MR) is 95.5 cm³/mol. The highest BCUT2D eigenvalue weighted by atomic mass is 32.2. The lowest BCUT2D eigenvalue weighted by atomic mass is 10.2. The number of carbonyl (C=O) groups excluding carboxylic acids is 1. The Morgan fingerprint density at radius 1 is 1.40 bits per heavy atom. The van der Waals surface area contributed by atoms with Gasteiger partial charge in [-0.3, -0.25) is 4.79 Å². The standard InChI is InChI=1S/C17H22N4O3S/c1-3-24-14-6-4-5-13(9-14)10-20-11-15(18-19-20)17-21(7-8-23-2)16(22)12-25-17/h4-6,9,11,17H,3,7-8,10,12H2,1-2H3/t17-/m1/s1. The van der Waals surface area contributed by atoms with Gasteiger partial charge in [0.1, 0.15) is 16.8 Å². The van der Waals surface area contributed by atoms with Crippen LogP contribution in [0.25, 0.3) is 0 Å². The van der Waals surface area contributed by atoms with Gasteiger partial charge in [-0.25, -0.2) is 4.68 Å². The van der Waals surface area contributed by atoms with E-state index in [-0.39, 0.29) is 11.3 Å². The van der Waals surface area contributed by atoms with Gasteiger partial charge < -0.3 is 14.4 Å². The minimum Gasteiger partial charge on any atom is -0.494 e. The van der Waals surface area contributed by atoms with Crippen LogP contribution in [0.1, 0.15) is 23.6 Å². The van der Waals surface area contributed by atoms with Crippen molar-refractivity contribution in [2.45, 2.75) is 18.8 Å². The third kappa shape index (κ3) is 4.32. The summed E-state index contributed by atoms with van der Waals surface area (Å²) >= 11 is 1.58. The fourth-order valence-corrected chi connectivity index (χ4v) is 3.87. The summed E-state index contributed by atoms with van der Waals surface area (Å²) in [6.45, 7) is 4.29. The van der Waals surface area contributed by atoms with E-state index in [0.717, 1.165) is 17.0 Å². The number of hydrogen-bond acceptors (Lipinski definition) is 6. The SMILES string of the molecule is CCOc1cccc(Cn2cc([C@H]3SCC(=O)N3CCOC)nn2)c1. The Kier molecular flexibility index (Phi) is 5.93. The minimum absolute atomic E-state index is 0.0915. The number of ether oxygens (including phenoxy) is 2. The Hall–Kier alpha value is -2.06. The van der Waals surface area contributed by atoms with Crippen molar-refractivity contribution in [3.63, 3.8) is 0 Å². The van der Waals surface area contributed by atoms with Gasteiger partial charge in [-0.05, 0) is 24.6 Å². The van der Waals surface area contributed by atoms with E-state index in [2.05, 4.69) is 10.3 Å². The first-order valence-electron chi connectivity index (χ1n) is 8.23. The van der Waals surface area contributed by atoms with Gasteiger partial charge in [0.05, 0.1) is 31.7 Å². The summed E-state index contributed by atoms with van der Waals surface area (Å²) in [5, 5.41) is 8.40. The molecule has 1 aliphatic rings. The molecule has 7 nitrogen and oxygen atoms in total. The second kappa shape index (κ2) is 8.35. The molecule has 3 rings (SSSR count). The molecule has 0 spiro atoms. The van der Waals surface area contributed by atoms with E-state index >= 15 is 0 Å². The number of carbonyl (C=O) groups is 1. The lowest BCUT2D eigenvalue weighted by molar-refractivity contribution is -0.128. The lowest BCUT2D eigenvalue weighted by Crippen LogP contribution is -2.31. The van der Waals surface area contributed by atoms with Crippen LogP contribution in [0.2, 0.25) is 0 Å². The van der Waals surface area contributed by atoms with Crippen LogP contribution in [0.4, 0.5) is 0 Å². The molecule has 0 N–H and O–H groups in total. The van der Waals surface area contributed by atoms with E-state index < -0.39 is 0 Å². The van der Waals surface area contributed by atoms with Crippen molar-refractivity contribution in [3.05, 3.63) is 41.7 Å². The number of amides is 1. The zero-order valence-corrected chi connectivity index (χ0v) is 15.2. The van der Waals surface area contributed by atoms with Gasteiger partial charge >= 0.3 is 0 Å². The summed E-state index contributed by atoms with van der Waals surface area (Å²) in [5.74, 6) is 1.44. The monoisotopic (exact) mass is 362 g/mol. The van der Waals surface area contributed by atoms with Crippen molar-refractivity contribution >= 4 is 17.7 Å². The zero-order valence-electron chi connectivity index (χ0n) is 14.4. The number of thioether (sulfide) groups is 1. The molecule has 0 bridgehead atoms. The summed E-state index contributed by atoms with van der Waals surface area (Å²) in [4.78, 5) is 13.8. The maximum Gasteiger partial charge on any atom is 0.233 e. The van der Waals surface area contributed by atoms with Crippen LogP contribution >= 0.6 is 11.8 Å². The van der Waals surface area contributed by atoms with E-state index in [0.29, 0.717) is 32.1 Å². The third-order valence-corrected chi connectivity index (χ3v) is 5.09. The Labute approximate surface area is 151 Å². The first kappa shape index (κ1) is 17.8. The van der Waals surface area contributed by atoms with Gasteiger partial charge in [0.15, 0.2) is 0 Å². The molecular formula is C17H22N4O3S. The Bertz CT molecular complexity index is 721. The molecule has 2 heterocycles. The van der Waals surface area contributed by atoms with E-state index in [4.69, 9.17) is 9.47 Å². The molecule has 134 valence electrons. The number of rotatable bonds is 8. The van der Waals surface area contributed by atoms with E-state index in [1.165, 1.54) is 0 Å². The maximum atomic E-state index is 12.0. The van der Waals surface area contributed by atoms with Gasteiger partial charge in [0.2, 0.25) is 5.91 Å². The number of hydrogen-bond donors (Lipinski definition) is 0. The summed E-state index contributed by atoms with van der Waals surface area (Å²) in [6, 6.07) is 7.94. The molecule has 1 aromatic heterocycles. The largest absolute Gasteiger partial charge is 0.494 e. The number of aromatic nitrogens is 3. The highest BCUT2D eigenvalue weighted by Crippen LogP contribution is 2.37. The molecule has 1 amide bonds. The third-order valence-electron chi connectivity index (χ3n) is 3.87. The topological polar surface area (TPSA) is 69.5 Å². The highest BCUT2D eigenvalue weighted by molar-refractivity contribution is 8.00. The van der Waals surface area contributed by atoms with Crippen LogP contribution in [0, 0.1) is 0 Å². The summed E-state index contributed by atoms with van der Waals surface area (Å²) in [7, 11) is 1.63. The van der Waals surface area contributed by atoms with Gasteiger partial charge in [-0.2, -0.15) is 0 Å². The zero-order chi connectivity index (χ0) is 17.6. The summed E-state index contributed by atoms with van der Waals surface area (Å²) < 4.78 is 12.4. The van der Waals surface area contributed by atoms with Crippen LogP contribution < -0.4 is 4.74 Å². The molecule has 1 fully saturated rings. The Morgan fingerprint density at radius 3 is 3.08 bits per heavy atom. The summed E-state index contributed by atoms with van der Waals surface area (Å²) in [6.07, 6.45) is 1.91. The quantitative estimate of drug-likeness (QED) is 0.715. The van der Waals surface area contributed by atoms with Crippen molar-refractivity contribution in [2.24, 2.45) is 0 Å². The van der Waals surface area contributed by atoms with Crippen LogP contribution in [0.3, 0.4) is 0 Å². The Balaban J connectivity index is 1.69. The van der Waals surface area contributed by atoms with Gasteiger partial charge in [0, 0.05) is 13.7 Å². The first-order valence-corrected chi connectivity index (χ1v) is 9.28. The molecule has 8 heteroatoms. The number of benzene rings is 1. The average molecular weight is 362 g/mol. The minimum atomic E-state index is -0.0915. The molecule has 0 radical (unpaired) electrons. The van der Waals surface area contributed by atoms with E-state index in [1.807, 2.05) is 37.4 Å². The first-order chi connectivity index (χ1) is 12.2. The highest BCUT2D eigenvalue weighted by Gasteiger charge is 2.34. The molecule has 0 saturated carbocycles. The second-order valence-electron chi connectivity index (χ2n) is 5.66. The second-order valence-corrected chi connectivity index (χ2v) is 6.73. The van der Waals surface area contributed by atoms with Crippen molar-refractivity contribution < 1.29 is 14.3 Å². The van der Waals surface area contributed by atoms with Gasteiger partial charge in [-0.1, -0.05) is 17.3 Å². The fraction of sp³-hybridized carbons (Fsp3) is 0.471. The summed E-state index contributed by atoms with van der Waals surface area (Å²) in [5.41, 5.74) is 1.89. The van der Waals surface area contributed by atoms with Gasteiger partial charge in [0.25, 0.3) is 0 Å². The lowest BCUT2D eigenvalue weighted by Gasteiger charge is -2.21. The normalized spacial score (nSPS) is 17.3. The van der Waals surface area contributed by atoms with Crippen molar-refractivity contribution in [2.75, 3.05) is 32.6 Å². The van der Waals surface area contributed by atoms with Crippen LogP contribution in [-0.4, -0.2) is 58.4 Å². The van der Waals surface area contributed by atoms with Crippen LogP contribution in [-0.2, 0) is 16.1 Å². The number of nitrogens with zero attached hydrogens (tertiary/aromatic N) is 4. The molecule has 1 atom stereocenters. The Morgan fingerprint density at radius 2 is 2.28 bits per heavy atom. The van der Waals surface area contributed by atoms with Crippen molar-refractivity contribution in [1.29, 1.82) is 0 Å². The van der Waals surface area contributed by atoms with E-state index in [9.17, 15) is 4.79 Å². The average Bonchev–Trinajstić information content (AvgIpc) is 3.20. The molecule has 1 aliphatic heterocycles. The predicted octanol–water partition coefficient (Wildman–Crippen LogP) is 1.95. The van der Waals surface area contributed by atoms with Crippen molar-refractivity contribution in [1.82, 2.24) is 19.9 Å². The maximum absolute atomic E-state index is 12.0. The van der Waals surface area contributed by atoms with E-state index in [1.54, 1.807) is 28.5 Å².